The molecule has 5 rings (SSSR count). The first-order chi connectivity index (χ1) is 14.4. The minimum atomic E-state index is -0.217. The summed E-state index contributed by atoms with van der Waals surface area (Å²) in [5, 5.41) is 0. The van der Waals surface area contributed by atoms with Crippen LogP contribution in [0.5, 0.6) is 0 Å². The van der Waals surface area contributed by atoms with E-state index in [0.29, 0.717) is 0 Å². The van der Waals surface area contributed by atoms with Gasteiger partial charge in [-0.15, -0.1) is 0 Å². The molecule has 0 N–H and O–H groups in total. The summed E-state index contributed by atoms with van der Waals surface area (Å²) in [6.45, 7) is 6.71. The van der Waals surface area contributed by atoms with Gasteiger partial charge in [0.2, 0.25) is 5.69 Å². The lowest BCUT2D eigenvalue weighted by Crippen LogP contribution is -2.32. The number of hydrogen-bond acceptors (Lipinski definition) is 1. The van der Waals surface area contributed by atoms with Gasteiger partial charge in [0.25, 0.3) is 0 Å². The van der Waals surface area contributed by atoms with E-state index < -0.39 is 0 Å². The smallest absolute Gasteiger partial charge is 0.212 e. The molecule has 2 heterocycles. The van der Waals surface area contributed by atoms with Crippen LogP contribution in [0.1, 0.15) is 30.7 Å². The quantitative estimate of drug-likeness (QED) is 0.381. The van der Waals surface area contributed by atoms with Gasteiger partial charge in [-0.2, -0.15) is 0 Å². The van der Waals surface area contributed by atoms with Crippen LogP contribution in [0.25, 0.3) is 33.5 Å². The highest BCUT2D eigenvalue weighted by atomic mass is 19.1. The summed E-state index contributed by atoms with van der Waals surface area (Å²) in [5.74, 6) is -0.217. The van der Waals surface area contributed by atoms with E-state index in [2.05, 4.69) is 68.9 Å². The minimum absolute atomic E-state index is 0.171. The first kappa shape index (κ1) is 18.7. The van der Waals surface area contributed by atoms with Crippen molar-refractivity contribution >= 4 is 0 Å². The van der Waals surface area contributed by atoms with Crippen molar-refractivity contribution in [2.45, 2.75) is 26.2 Å². The number of fused-ring (bicyclic) bond motifs is 3. The normalized spacial score (nSPS) is 13.8. The molecule has 148 valence electrons. The molecule has 1 aliphatic rings. The van der Waals surface area contributed by atoms with Gasteiger partial charge in [-0.1, -0.05) is 44.2 Å². The molecule has 4 aromatic rings. The highest BCUT2D eigenvalue weighted by Gasteiger charge is 2.40. The fourth-order valence-corrected chi connectivity index (χ4v) is 4.83. The minimum Gasteiger partial charge on any atom is -0.260 e. The standard InChI is InChI=1S/C27H24FN2/c1-17-7-13-21-22-6-5-15-29-26(22)27(2,3)25(21)24(17)23-14-10-19(16-30(23)4)18-8-11-20(28)12-9-18/h5-16H,1-4H3/q+1. The maximum Gasteiger partial charge on any atom is 0.212 e. The molecule has 0 unspecified atom stereocenters. The molecule has 0 aliphatic heterocycles. The highest BCUT2D eigenvalue weighted by molar-refractivity contribution is 5.87. The SMILES string of the molecule is Cc1ccc2c(c1-c1ccc(-c3ccc(F)cc3)c[n+]1C)C(C)(C)c1ncccc1-2. The molecule has 0 radical (unpaired) electrons. The Bertz CT molecular complexity index is 1290. The van der Waals surface area contributed by atoms with Gasteiger partial charge >= 0.3 is 0 Å². The summed E-state index contributed by atoms with van der Waals surface area (Å²) in [6.07, 6.45) is 4.01. The van der Waals surface area contributed by atoms with Crippen LogP contribution >= 0.6 is 0 Å². The third kappa shape index (κ3) is 2.69. The Balaban J connectivity index is 1.71. The summed E-state index contributed by atoms with van der Waals surface area (Å²) >= 11 is 0. The number of halogens is 1. The lowest BCUT2D eigenvalue weighted by atomic mass is 9.80. The Labute approximate surface area is 176 Å². The fraction of sp³-hybridized carbons (Fsp3) is 0.185. The zero-order valence-electron chi connectivity index (χ0n) is 17.7. The number of benzene rings is 2. The van der Waals surface area contributed by atoms with Gasteiger partial charge in [-0.05, 0) is 53.4 Å². The number of aromatic nitrogens is 2. The number of nitrogens with zero attached hydrogens (tertiary/aromatic N) is 2. The molecule has 0 saturated carbocycles. The molecular formula is C27H24FN2+. The Kier molecular flexibility index (Phi) is 4.11. The summed E-state index contributed by atoms with van der Waals surface area (Å²) < 4.78 is 15.5. The van der Waals surface area contributed by atoms with E-state index in [0.717, 1.165) is 22.5 Å². The second-order valence-electron chi connectivity index (χ2n) is 8.63. The van der Waals surface area contributed by atoms with Gasteiger partial charge in [0.05, 0.1) is 11.3 Å². The predicted octanol–water partition coefficient (Wildman–Crippen LogP) is 5.99. The Hall–Kier alpha value is -3.33. The molecule has 30 heavy (non-hydrogen) atoms. The van der Waals surface area contributed by atoms with Crippen LogP contribution in [0.4, 0.5) is 4.39 Å². The van der Waals surface area contributed by atoms with Crippen LogP contribution in [0, 0.1) is 12.7 Å². The largest absolute Gasteiger partial charge is 0.260 e. The summed E-state index contributed by atoms with van der Waals surface area (Å²) in [4.78, 5) is 4.74. The predicted molar refractivity (Wildman–Crippen MR) is 119 cm³/mol. The third-order valence-corrected chi connectivity index (χ3v) is 6.30. The second kappa shape index (κ2) is 6.60. The van der Waals surface area contributed by atoms with E-state index in [1.807, 2.05) is 24.4 Å². The lowest BCUT2D eigenvalue weighted by molar-refractivity contribution is -0.659. The summed E-state index contributed by atoms with van der Waals surface area (Å²) in [5.41, 5.74) is 10.5. The van der Waals surface area contributed by atoms with Crippen LogP contribution in [0.15, 0.2) is 73.1 Å². The molecule has 0 amide bonds. The van der Waals surface area contributed by atoms with E-state index in [9.17, 15) is 4.39 Å². The second-order valence-corrected chi connectivity index (χ2v) is 8.63. The Morgan fingerprint density at radius 3 is 2.33 bits per heavy atom. The van der Waals surface area contributed by atoms with Crippen LogP contribution in [-0.4, -0.2) is 4.98 Å². The number of rotatable bonds is 2. The van der Waals surface area contributed by atoms with Crippen LogP contribution < -0.4 is 4.57 Å². The molecule has 0 spiro atoms. The van der Waals surface area contributed by atoms with Gasteiger partial charge in [0.15, 0.2) is 6.20 Å². The van der Waals surface area contributed by atoms with Crippen molar-refractivity contribution in [3.8, 4) is 33.5 Å². The third-order valence-electron chi connectivity index (χ3n) is 6.30. The van der Waals surface area contributed by atoms with E-state index >= 15 is 0 Å². The molecule has 0 saturated heterocycles. The average molecular weight is 396 g/mol. The van der Waals surface area contributed by atoms with Crippen molar-refractivity contribution in [2.24, 2.45) is 7.05 Å². The number of hydrogen-bond donors (Lipinski definition) is 0. The molecule has 2 aromatic heterocycles. The highest BCUT2D eigenvalue weighted by Crippen LogP contribution is 2.51. The van der Waals surface area contributed by atoms with Crippen LogP contribution in [0.2, 0.25) is 0 Å². The van der Waals surface area contributed by atoms with Gasteiger partial charge in [-0.3, -0.25) is 4.98 Å². The van der Waals surface area contributed by atoms with Crippen molar-refractivity contribution in [2.75, 3.05) is 0 Å². The van der Waals surface area contributed by atoms with Crippen LogP contribution in [0.3, 0.4) is 0 Å². The lowest BCUT2D eigenvalue weighted by Gasteiger charge is -2.23. The average Bonchev–Trinajstić information content (AvgIpc) is 2.97. The monoisotopic (exact) mass is 395 g/mol. The Morgan fingerprint density at radius 2 is 1.60 bits per heavy atom. The number of aryl methyl sites for hydroxylation is 2. The van der Waals surface area contributed by atoms with E-state index in [-0.39, 0.29) is 11.2 Å². The summed E-state index contributed by atoms with van der Waals surface area (Å²) in [7, 11) is 2.08. The van der Waals surface area contributed by atoms with Crippen molar-refractivity contribution < 1.29 is 8.96 Å². The van der Waals surface area contributed by atoms with Gasteiger partial charge < -0.3 is 0 Å². The van der Waals surface area contributed by atoms with Crippen molar-refractivity contribution in [3.05, 3.63) is 95.7 Å². The molecule has 2 nitrogen and oxygen atoms in total. The molecule has 0 atom stereocenters. The molecule has 0 bridgehead atoms. The van der Waals surface area contributed by atoms with Gasteiger partial charge in [0, 0.05) is 28.8 Å². The van der Waals surface area contributed by atoms with Crippen molar-refractivity contribution in [1.29, 1.82) is 0 Å². The topological polar surface area (TPSA) is 16.8 Å². The van der Waals surface area contributed by atoms with E-state index in [1.54, 1.807) is 0 Å². The maximum absolute atomic E-state index is 13.3. The fourth-order valence-electron chi connectivity index (χ4n) is 4.83. The Morgan fingerprint density at radius 1 is 0.867 bits per heavy atom. The van der Waals surface area contributed by atoms with Crippen LogP contribution in [-0.2, 0) is 12.5 Å². The maximum atomic E-state index is 13.3. The van der Waals surface area contributed by atoms with Crippen molar-refractivity contribution in [3.63, 3.8) is 0 Å². The first-order valence-electron chi connectivity index (χ1n) is 10.2. The van der Waals surface area contributed by atoms with E-state index in [1.165, 1.54) is 39.9 Å². The molecule has 3 heteroatoms. The molecule has 0 fully saturated rings. The first-order valence-corrected chi connectivity index (χ1v) is 10.2. The van der Waals surface area contributed by atoms with Gasteiger partial charge in [-0.25, -0.2) is 8.96 Å². The van der Waals surface area contributed by atoms with Crippen molar-refractivity contribution in [1.82, 2.24) is 4.98 Å². The van der Waals surface area contributed by atoms with Gasteiger partial charge in [0.1, 0.15) is 12.9 Å². The zero-order chi connectivity index (χ0) is 21.0. The molecule has 1 aliphatic carbocycles. The molecular weight excluding hydrogens is 371 g/mol. The summed E-state index contributed by atoms with van der Waals surface area (Å²) in [6, 6.07) is 19.6. The van der Waals surface area contributed by atoms with E-state index in [4.69, 9.17) is 4.98 Å². The zero-order valence-corrected chi connectivity index (χ0v) is 17.7. The number of pyridine rings is 2. The molecule has 2 aromatic carbocycles.